The van der Waals surface area contributed by atoms with Gasteiger partial charge in [-0.15, -0.1) is 0 Å². The van der Waals surface area contributed by atoms with E-state index < -0.39 is 12.1 Å². The number of benzene rings is 2. The predicted molar refractivity (Wildman–Crippen MR) is 98.3 cm³/mol. The van der Waals surface area contributed by atoms with Crippen LogP contribution in [0.4, 0.5) is 10.5 Å². The van der Waals surface area contributed by atoms with Crippen LogP contribution in [-0.4, -0.2) is 11.9 Å². The Hall–Kier alpha value is -3.30. The summed E-state index contributed by atoms with van der Waals surface area (Å²) in [6.07, 6.45) is 0. The van der Waals surface area contributed by atoms with Gasteiger partial charge in [0.05, 0.1) is 34.0 Å². The molecule has 1 aliphatic rings. The quantitative estimate of drug-likeness (QED) is 0.776. The van der Waals surface area contributed by atoms with E-state index >= 15 is 0 Å². The van der Waals surface area contributed by atoms with Gasteiger partial charge in [0.25, 0.3) is 5.91 Å². The highest BCUT2D eigenvalue weighted by Crippen LogP contribution is 2.29. The predicted octanol–water partition coefficient (Wildman–Crippen LogP) is 3.48. The van der Waals surface area contributed by atoms with E-state index in [0.29, 0.717) is 33.1 Å². The van der Waals surface area contributed by atoms with Crippen LogP contribution in [-0.2, 0) is 4.79 Å². The highest BCUT2D eigenvalue weighted by atomic mass is 35.5. The van der Waals surface area contributed by atoms with Gasteiger partial charge in [-0.05, 0) is 36.8 Å². The van der Waals surface area contributed by atoms with Gasteiger partial charge in [0.2, 0.25) is 0 Å². The fraction of sp³-hybridized carbons (Fsp3) is 0.105. The lowest BCUT2D eigenvalue weighted by atomic mass is 9.94. The van der Waals surface area contributed by atoms with Crippen LogP contribution < -0.4 is 16.0 Å². The summed E-state index contributed by atoms with van der Waals surface area (Å²) in [4.78, 5) is 24.8. The third kappa shape index (κ3) is 3.53. The first-order valence-corrected chi connectivity index (χ1v) is 8.21. The van der Waals surface area contributed by atoms with Crippen molar-refractivity contribution >= 4 is 29.2 Å². The van der Waals surface area contributed by atoms with E-state index in [0.717, 1.165) is 0 Å². The average molecular weight is 367 g/mol. The number of nitriles is 1. The smallest absolute Gasteiger partial charge is 0.319 e. The second kappa shape index (κ2) is 7.30. The van der Waals surface area contributed by atoms with Gasteiger partial charge in [-0.2, -0.15) is 5.26 Å². The molecule has 130 valence electrons. The van der Waals surface area contributed by atoms with Crippen molar-refractivity contribution in [1.29, 1.82) is 5.26 Å². The molecule has 0 unspecified atom stereocenters. The molecule has 0 saturated heterocycles. The molecule has 0 bridgehead atoms. The first kappa shape index (κ1) is 17.5. The number of nitrogens with one attached hydrogen (secondary N) is 3. The van der Waals surface area contributed by atoms with Crippen LogP contribution in [0.2, 0.25) is 5.02 Å². The van der Waals surface area contributed by atoms with Crippen molar-refractivity contribution in [1.82, 2.24) is 10.6 Å². The van der Waals surface area contributed by atoms with Gasteiger partial charge in [0.1, 0.15) is 0 Å². The molecule has 2 aromatic carbocycles. The fourth-order valence-corrected chi connectivity index (χ4v) is 2.93. The molecule has 0 aliphatic carbocycles. The van der Waals surface area contributed by atoms with Crippen molar-refractivity contribution in [3.8, 4) is 6.07 Å². The zero-order valence-electron chi connectivity index (χ0n) is 13.8. The van der Waals surface area contributed by atoms with Gasteiger partial charge < -0.3 is 16.0 Å². The summed E-state index contributed by atoms with van der Waals surface area (Å²) < 4.78 is 0. The molecule has 1 atom stereocenters. The zero-order valence-corrected chi connectivity index (χ0v) is 14.6. The number of urea groups is 1. The number of para-hydroxylation sites is 1. The normalized spacial score (nSPS) is 16.3. The minimum absolute atomic E-state index is 0.370. The Balaban J connectivity index is 1.96. The molecule has 26 heavy (non-hydrogen) atoms. The summed E-state index contributed by atoms with van der Waals surface area (Å²) in [5.41, 5.74) is 2.50. The molecule has 1 heterocycles. The van der Waals surface area contributed by atoms with Gasteiger partial charge >= 0.3 is 6.03 Å². The number of allylic oxidation sites excluding steroid dienone is 1. The van der Waals surface area contributed by atoms with Crippen molar-refractivity contribution < 1.29 is 9.59 Å². The maximum atomic E-state index is 12.9. The number of amides is 3. The van der Waals surface area contributed by atoms with Crippen LogP contribution in [0.3, 0.4) is 0 Å². The molecule has 0 fully saturated rings. The largest absolute Gasteiger partial charge is 0.327 e. The lowest BCUT2D eigenvalue weighted by Gasteiger charge is -2.28. The molecule has 1 aliphatic heterocycles. The van der Waals surface area contributed by atoms with Crippen molar-refractivity contribution in [2.45, 2.75) is 13.0 Å². The lowest BCUT2D eigenvalue weighted by Crippen LogP contribution is -2.46. The number of carbonyl (C=O) groups excluding carboxylic acids is 2. The summed E-state index contributed by atoms with van der Waals surface area (Å²) in [7, 11) is 0. The number of halogens is 1. The monoisotopic (exact) mass is 366 g/mol. The third-order valence-corrected chi connectivity index (χ3v) is 4.34. The molecule has 7 heteroatoms. The Kier molecular flexibility index (Phi) is 4.92. The number of rotatable bonds is 3. The zero-order chi connectivity index (χ0) is 18.7. The van der Waals surface area contributed by atoms with E-state index in [1.807, 2.05) is 6.07 Å². The maximum Gasteiger partial charge on any atom is 0.319 e. The molecular weight excluding hydrogens is 352 g/mol. The number of nitrogens with zero attached hydrogens (tertiary/aromatic N) is 1. The summed E-state index contributed by atoms with van der Waals surface area (Å²) in [5.74, 6) is -0.377. The van der Waals surface area contributed by atoms with Gasteiger partial charge in [0.15, 0.2) is 0 Å². The van der Waals surface area contributed by atoms with Crippen LogP contribution >= 0.6 is 11.6 Å². The summed E-state index contributed by atoms with van der Waals surface area (Å²) in [6.45, 7) is 1.66. The molecule has 3 N–H and O–H groups in total. The highest BCUT2D eigenvalue weighted by Gasteiger charge is 2.31. The average Bonchev–Trinajstić information content (AvgIpc) is 2.63. The molecule has 0 aromatic heterocycles. The molecule has 0 saturated carbocycles. The fourth-order valence-electron chi connectivity index (χ4n) is 2.75. The van der Waals surface area contributed by atoms with Crippen LogP contribution in [0.25, 0.3) is 0 Å². The Morgan fingerprint density at radius 3 is 2.54 bits per heavy atom. The van der Waals surface area contributed by atoms with E-state index in [2.05, 4.69) is 16.0 Å². The van der Waals surface area contributed by atoms with Crippen LogP contribution in [0.5, 0.6) is 0 Å². The highest BCUT2D eigenvalue weighted by molar-refractivity contribution is 6.33. The maximum absolute atomic E-state index is 12.9. The van der Waals surface area contributed by atoms with Crippen molar-refractivity contribution in [2.24, 2.45) is 0 Å². The molecular formula is C19H15ClN4O2. The van der Waals surface area contributed by atoms with Crippen LogP contribution in [0, 0.1) is 11.3 Å². The number of hydrogen-bond donors (Lipinski definition) is 3. The standard InChI is InChI=1S/C19H15ClN4O2/c1-11-16(18(25)23-15-5-3-2-4-14(15)20)17(24-19(26)22-11)13-8-6-12(10-21)7-9-13/h2-9,17H,1H3,(H,23,25)(H2,22,24,26)/t17-/m0/s1. The Labute approximate surface area is 155 Å². The Bertz CT molecular complexity index is 945. The molecule has 0 radical (unpaired) electrons. The molecule has 6 nitrogen and oxygen atoms in total. The van der Waals surface area contributed by atoms with Crippen molar-refractivity contribution in [3.63, 3.8) is 0 Å². The van der Waals surface area contributed by atoms with E-state index in [1.165, 1.54) is 0 Å². The van der Waals surface area contributed by atoms with Crippen molar-refractivity contribution in [2.75, 3.05) is 5.32 Å². The van der Waals surface area contributed by atoms with Gasteiger partial charge in [0, 0.05) is 5.70 Å². The van der Waals surface area contributed by atoms with E-state index in [-0.39, 0.29) is 5.91 Å². The lowest BCUT2D eigenvalue weighted by molar-refractivity contribution is -0.113. The summed E-state index contributed by atoms with van der Waals surface area (Å²) in [6, 6.07) is 14.6. The van der Waals surface area contributed by atoms with Gasteiger partial charge in [-0.25, -0.2) is 4.79 Å². The minimum Gasteiger partial charge on any atom is -0.327 e. The SMILES string of the molecule is CC1=C(C(=O)Nc2ccccc2Cl)[C@H](c2ccc(C#N)cc2)NC(=O)N1. The summed E-state index contributed by atoms with van der Waals surface area (Å²) >= 11 is 6.11. The number of anilines is 1. The Morgan fingerprint density at radius 1 is 1.19 bits per heavy atom. The van der Waals surface area contributed by atoms with Gasteiger partial charge in [-0.3, -0.25) is 4.79 Å². The molecule has 3 amide bonds. The van der Waals surface area contributed by atoms with Crippen LogP contribution in [0.1, 0.15) is 24.1 Å². The third-order valence-electron chi connectivity index (χ3n) is 4.01. The van der Waals surface area contributed by atoms with Gasteiger partial charge in [-0.1, -0.05) is 35.9 Å². The number of hydrogen-bond acceptors (Lipinski definition) is 3. The topological polar surface area (TPSA) is 94.0 Å². The first-order chi connectivity index (χ1) is 12.5. The molecule has 2 aromatic rings. The van der Waals surface area contributed by atoms with E-state index in [1.54, 1.807) is 55.5 Å². The van der Waals surface area contributed by atoms with Crippen LogP contribution in [0.15, 0.2) is 59.8 Å². The first-order valence-electron chi connectivity index (χ1n) is 7.84. The number of carbonyl (C=O) groups is 2. The molecule has 3 rings (SSSR count). The van der Waals surface area contributed by atoms with E-state index in [4.69, 9.17) is 16.9 Å². The molecule has 0 spiro atoms. The Morgan fingerprint density at radius 2 is 1.88 bits per heavy atom. The summed E-state index contributed by atoms with van der Waals surface area (Å²) in [5, 5.41) is 17.5. The second-order valence-electron chi connectivity index (χ2n) is 5.74. The van der Waals surface area contributed by atoms with Crippen molar-refractivity contribution in [3.05, 3.63) is 76.0 Å². The second-order valence-corrected chi connectivity index (χ2v) is 6.15. The van der Waals surface area contributed by atoms with E-state index in [9.17, 15) is 9.59 Å². The minimum atomic E-state index is -0.640.